The van der Waals surface area contributed by atoms with Crippen LogP contribution >= 0.6 is 0 Å². The predicted octanol–water partition coefficient (Wildman–Crippen LogP) is 1.90. The second-order valence-corrected chi connectivity index (χ2v) is 6.42. The molecule has 24 heavy (non-hydrogen) atoms. The molecule has 2 aromatic rings. The first-order valence-corrected chi connectivity index (χ1v) is 8.19. The number of nitrogens with two attached hydrogens (primary N) is 1. The Morgan fingerprint density at radius 2 is 2.29 bits per heavy atom. The highest BCUT2D eigenvalue weighted by Crippen LogP contribution is 2.21. The van der Waals surface area contributed by atoms with Crippen LogP contribution in [-0.4, -0.2) is 33.7 Å². The van der Waals surface area contributed by atoms with Crippen LogP contribution in [0.25, 0.3) is 11.5 Å². The van der Waals surface area contributed by atoms with Gasteiger partial charge in [0, 0.05) is 13.1 Å². The van der Waals surface area contributed by atoms with Crippen molar-refractivity contribution in [3.63, 3.8) is 0 Å². The molecule has 2 atom stereocenters. The van der Waals surface area contributed by atoms with Gasteiger partial charge < -0.3 is 15.1 Å². The molecular weight excluding hydrogens is 308 g/mol. The van der Waals surface area contributed by atoms with E-state index < -0.39 is 11.6 Å². The average molecular weight is 330 g/mol. The fraction of sp³-hybridized carbons (Fsp3) is 0.471. The lowest BCUT2D eigenvalue weighted by Gasteiger charge is -2.32. The van der Waals surface area contributed by atoms with Gasteiger partial charge >= 0.3 is 0 Å². The molecule has 1 saturated heterocycles. The normalized spacial score (nSPS) is 19.2. The van der Waals surface area contributed by atoms with Crippen molar-refractivity contribution in [2.24, 2.45) is 5.92 Å². The lowest BCUT2D eigenvalue weighted by Crippen LogP contribution is -2.44. The van der Waals surface area contributed by atoms with Crippen molar-refractivity contribution in [1.29, 1.82) is 0 Å². The van der Waals surface area contributed by atoms with Crippen LogP contribution in [0, 0.1) is 5.92 Å². The minimum atomic E-state index is -0.708. The Hall–Kier alpha value is -2.57. The van der Waals surface area contributed by atoms with Crippen LogP contribution in [0.1, 0.15) is 32.7 Å². The standard InChI is InChI=1S/C17H22N4O3/c1-11-5-3-7-20(10-11)16(22)12(2)21-17(23)13(18)9-14(19-21)15-6-4-8-24-15/h4,6,8-9,11-12H,3,5,7,10,18H2,1-2H3/t11-,12+/m0/s1. The second-order valence-electron chi connectivity index (χ2n) is 6.42. The number of nitrogens with zero attached hydrogens (tertiary/aromatic N) is 3. The number of likely N-dealkylation sites (tertiary alicyclic amines) is 1. The monoisotopic (exact) mass is 330 g/mol. The molecule has 0 saturated carbocycles. The zero-order valence-electron chi connectivity index (χ0n) is 13.9. The average Bonchev–Trinajstić information content (AvgIpc) is 3.10. The number of rotatable bonds is 3. The van der Waals surface area contributed by atoms with Gasteiger partial charge in [0.2, 0.25) is 5.91 Å². The van der Waals surface area contributed by atoms with Crippen molar-refractivity contribution in [3.05, 3.63) is 34.8 Å². The number of hydrogen-bond donors (Lipinski definition) is 1. The molecule has 3 rings (SSSR count). The van der Waals surface area contributed by atoms with Crippen molar-refractivity contribution >= 4 is 11.6 Å². The third-order valence-electron chi connectivity index (χ3n) is 4.43. The lowest BCUT2D eigenvalue weighted by molar-refractivity contribution is -0.136. The molecular formula is C17H22N4O3. The van der Waals surface area contributed by atoms with Gasteiger partial charge in [0.05, 0.1) is 6.26 Å². The molecule has 1 fully saturated rings. The van der Waals surface area contributed by atoms with Crippen molar-refractivity contribution < 1.29 is 9.21 Å². The first-order valence-electron chi connectivity index (χ1n) is 8.19. The molecule has 3 heterocycles. The summed E-state index contributed by atoms with van der Waals surface area (Å²) in [5, 5.41) is 4.29. The number of aromatic nitrogens is 2. The number of piperidine rings is 1. The maximum absolute atomic E-state index is 12.8. The molecule has 0 aromatic carbocycles. The molecule has 1 amide bonds. The Bertz CT molecular complexity index is 782. The molecule has 128 valence electrons. The number of amides is 1. The van der Waals surface area contributed by atoms with Gasteiger partial charge in [0.1, 0.15) is 17.4 Å². The summed E-state index contributed by atoms with van der Waals surface area (Å²) in [4.78, 5) is 26.9. The topological polar surface area (TPSA) is 94.4 Å². The van der Waals surface area contributed by atoms with Gasteiger partial charge in [0.15, 0.2) is 5.76 Å². The summed E-state index contributed by atoms with van der Waals surface area (Å²) in [5.74, 6) is 0.868. The summed E-state index contributed by atoms with van der Waals surface area (Å²) < 4.78 is 6.47. The van der Waals surface area contributed by atoms with Gasteiger partial charge in [-0.15, -0.1) is 0 Å². The SMILES string of the molecule is C[C@H]1CCCN(C(=O)[C@@H](C)n2nc(-c3ccco3)cc(N)c2=O)C1. The summed E-state index contributed by atoms with van der Waals surface area (Å²) >= 11 is 0. The highest BCUT2D eigenvalue weighted by Gasteiger charge is 2.28. The van der Waals surface area contributed by atoms with Gasteiger partial charge in [-0.05, 0) is 43.9 Å². The highest BCUT2D eigenvalue weighted by molar-refractivity contribution is 5.80. The van der Waals surface area contributed by atoms with E-state index in [-0.39, 0.29) is 11.6 Å². The number of furan rings is 1. The van der Waals surface area contributed by atoms with Gasteiger partial charge in [-0.25, -0.2) is 4.68 Å². The Labute approximate surface area is 140 Å². The highest BCUT2D eigenvalue weighted by atomic mass is 16.3. The van der Waals surface area contributed by atoms with E-state index in [1.165, 1.54) is 12.3 Å². The molecule has 1 aliphatic rings. The zero-order chi connectivity index (χ0) is 17.3. The van der Waals surface area contributed by atoms with E-state index in [0.717, 1.165) is 24.1 Å². The number of carbonyl (C=O) groups is 1. The molecule has 0 aliphatic carbocycles. The molecule has 7 nitrogen and oxygen atoms in total. The molecule has 0 spiro atoms. The molecule has 2 N–H and O–H groups in total. The summed E-state index contributed by atoms with van der Waals surface area (Å²) in [6.07, 6.45) is 3.63. The van der Waals surface area contributed by atoms with E-state index in [2.05, 4.69) is 12.0 Å². The van der Waals surface area contributed by atoms with Crippen molar-refractivity contribution in [1.82, 2.24) is 14.7 Å². The minimum Gasteiger partial charge on any atom is -0.463 e. The van der Waals surface area contributed by atoms with Gasteiger partial charge in [-0.1, -0.05) is 6.92 Å². The third kappa shape index (κ3) is 3.06. The Kier molecular flexibility index (Phi) is 4.42. The van der Waals surface area contributed by atoms with Gasteiger partial charge in [-0.2, -0.15) is 5.10 Å². The summed E-state index contributed by atoms with van der Waals surface area (Å²) in [5.41, 5.74) is 5.84. The van der Waals surface area contributed by atoms with E-state index in [1.807, 2.05) is 4.90 Å². The molecule has 0 unspecified atom stereocenters. The summed E-state index contributed by atoms with van der Waals surface area (Å²) in [6.45, 7) is 5.24. The van der Waals surface area contributed by atoms with Crippen LogP contribution in [0.4, 0.5) is 5.69 Å². The number of hydrogen-bond acceptors (Lipinski definition) is 5. The Morgan fingerprint density at radius 3 is 2.96 bits per heavy atom. The van der Waals surface area contributed by atoms with E-state index >= 15 is 0 Å². The lowest BCUT2D eigenvalue weighted by atomic mass is 10.00. The van der Waals surface area contributed by atoms with Crippen LogP contribution in [0.2, 0.25) is 0 Å². The Morgan fingerprint density at radius 1 is 1.50 bits per heavy atom. The maximum Gasteiger partial charge on any atom is 0.290 e. The smallest absolute Gasteiger partial charge is 0.290 e. The summed E-state index contributed by atoms with van der Waals surface area (Å²) in [7, 11) is 0. The van der Waals surface area contributed by atoms with E-state index in [0.29, 0.717) is 23.9 Å². The van der Waals surface area contributed by atoms with E-state index in [1.54, 1.807) is 19.1 Å². The molecule has 0 radical (unpaired) electrons. The first kappa shape index (κ1) is 16.3. The third-order valence-corrected chi connectivity index (χ3v) is 4.43. The summed E-state index contributed by atoms with van der Waals surface area (Å²) in [6, 6.07) is 4.22. The second kappa shape index (κ2) is 6.51. The van der Waals surface area contributed by atoms with Crippen LogP contribution < -0.4 is 11.3 Å². The molecule has 1 aliphatic heterocycles. The van der Waals surface area contributed by atoms with E-state index in [4.69, 9.17) is 10.2 Å². The molecule has 2 aromatic heterocycles. The fourth-order valence-electron chi connectivity index (χ4n) is 3.10. The van der Waals surface area contributed by atoms with Gasteiger partial charge in [0.25, 0.3) is 5.56 Å². The first-order chi connectivity index (χ1) is 11.5. The predicted molar refractivity (Wildman–Crippen MR) is 90.3 cm³/mol. The maximum atomic E-state index is 12.8. The number of nitrogen functional groups attached to an aromatic ring is 1. The quantitative estimate of drug-likeness (QED) is 0.927. The van der Waals surface area contributed by atoms with Crippen LogP contribution in [0.5, 0.6) is 0 Å². The zero-order valence-corrected chi connectivity index (χ0v) is 13.9. The van der Waals surface area contributed by atoms with Crippen molar-refractivity contribution in [2.75, 3.05) is 18.8 Å². The fourth-order valence-corrected chi connectivity index (χ4v) is 3.10. The number of anilines is 1. The van der Waals surface area contributed by atoms with Crippen molar-refractivity contribution in [2.45, 2.75) is 32.7 Å². The van der Waals surface area contributed by atoms with Crippen LogP contribution in [-0.2, 0) is 4.79 Å². The van der Waals surface area contributed by atoms with Gasteiger partial charge in [-0.3, -0.25) is 9.59 Å². The largest absolute Gasteiger partial charge is 0.463 e. The number of carbonyl (C=O) groups excluding carboxylic acids is 1. The molecule has 0 bridgehead atoms. The van der Waals surface area contributed by atoms with Crippen LogP contribution in [0.15, 0.2) is 33.7 Å². The minimum absolute atomic E-state index is 0.0445. The van der Waals surface area contributed by atoms with Crippen molar-refractivity contribution in [3.8, 4) is 11.5 Å². The molecule has 7 heteroatoms. The van der Waals surface area contributed by atoms with Crippen LogP contribution in [0.3, 0.4) is 0 Å². The Balaban J connectivity index is 1.93. The van der Waals surface area contributed by atoms with E-state index in [9.17, 15) is 9.59 Å².